The van der Waals surface area contributed by atoms with Crippen molar-refractivity contribution in [2.45, 2.75) is 75.8 Å². The molecule has 144 valence electrons. The summed E-state index contributed by atoms with van der Waals surface area (Å²) in [6.45, 7) is 2.70. The molecular formula is C16H33NO7. The Kier molecular flexibility index (Phi) is 11.0. The molecule has 1 rings (SSSR count). The minimum Gasteiger partial charge on any atom is -0.394 e. The molecule has 0 spiro atoms. The molecule has 1 unspecified atom stereocenters. The minimum atomic E-state index is -1.47. The second-order valence-electron chi connectivity index (χ2n) is 6.30. The van der Waals surface area contributed by atoms with Gasteiger partial charge in [-0.25, -0.2) is 0 Å². The van der Waals surface area contributed by atoms with Gasteiger partial charge in [-0.3, -0.25) is 0 Å². The molecule has 8 heteroatoms. The lowest BCUT2D eigenvalue weighted by Crippen LogP contribution is -2.59. The predicted molar refractivity (Wildman–Crippen MR) is 87.4 cm³/mol. The largest absolute Gasteiger partial charge is 0.394 e. The van der Waals surface area contributed by atoms with Gasteiger partial charge in [-0.15, -0.1) is 0 Å². The average Bonchev–Trinajstić information content (AvgIpc) is 2.57. The number of aliphatic hydroxyl groups excluding tert-OH is 5. The maximum absolute atomic E-state index is 9.92. The topological polar surface area (TPSA) is 132 Å². The first-order valence-electron chi connectivity index (χ1n) is 8.82. The van der Waals surface area contributed by atoms with E-state index in [1.165, 1.54) is 19.3 Å². The molecule has 0 radical (unpaired) electrons. The van der Waals surface area contributed by atoms with Gasteiger partial charge in [0.1, 0.15) is 24.4 Å². The van der Waals surface area contributed by atoms with E-state index in [9.17, 15) is 20.4 Å². The lowest BCUT2D eigenvalue weighted by molar-refractivity contribution is -0.298. The third-order valence-corrected chi connectivity index (χ3v) is 4.16. The first-order valence-corrected chi connectivity index (χ1v) is 8.82. The van der Waals surface area contributed by atoms with Crippen molar-refractivity contribution in [3.63, 3.8) is 0 Å². The van der Waals surface area contributed by atoms with E-state index < -0.39 is 43.4 Å². The number of aliphatic hydroxyl groups is 5. The van der Waals surface area contributed by atoms with E-state index in [0.717, 1.165) is 19.4 Å². The maximum atomic E-state index is 9.92. The summed E-state index contributed by atoms with van der Waals surface area (Å²) in [5.41, 5.74) is 0. The quantitative estimate of drug-likeness (QED) is 0.240. The number of hydrogen-bond donors (Lipinski definition) is 6. The zero-order valence-electron chi connectivity index (χ0n) is 14.4. The van der Waals surface area contributed by atoms with Crippen molar-refractivity contribution < 1.29 is 35.0 Å². The molecule has 1 saturated heterocycles. The second kappa shape index (κ2) is 12.1. The highest BCUT2D eigenvalue weighted by Gasteiger charge is 2.44. The Morgan fingerprint density at radius 3 is 2.46 bits per heavy atom. The molecule has 0 amide bonds. The van der Waals surface area contributed by atoms with Gasteiger partial charge < -0.3 is 40.3 Å². The van der Waals surface area contributed by atoms with Crippen molar-refractivity contribution in [1.29, 1.82) is 0 Å². The summed E-state index contributed by atoms with van der Waals surface area (Å²) >= 11 is 0. The van der Waals surface area contributed by atoms with E-state index in [1.807, 2.05) is 0 Å². The van der Waals surface area contributed by atoms with Gasteiger partial charge in [-0.1, -0.05) is 32.6 Å². The van der Waals surface area contributed by atoms with Crippen LogP contribution < -0.4 is 5.32 Å². The number of hydrogen-bond acceptors (Lipinski definition) is 8. The Balaban J connectivity index is 2.18. The van der Waals surface area contributed by atoms with Crippen LogP contribution in [-0.4, -0.2) is 88.6 Å². The summed E-state index contributed by atoms with van der Waals surface area (Å²) < 4.78 is 10.3. The van der Waals surface area contributed by atoms with E-state index in [4.69, 9.17) is 14.6 Å². The molecule has 1 heterocycles. The van der Waals surface area contributed by atoms with Gasteiger partial charge in [-0.05, 0) is 13.0 Å². The molecular weight excluding hydrogens is 318 g/mol. The predicted octanol–water partition coefficient (Wildman–Crippen LogP) is -1.28. The first kappa shape index (κ1) is 21.7. The van der Waals surface area contributed by atoms with Crippen LogP contribution in [0.25, 0.3) is 0 Å². The third kappa shape index (κ3) is 7.28. The summed E-state index contributed by atoms with van der Waals surface area (Å²) in [6.07, 6.45) is -1.38. The molecule has 0 aromatic carbocycles. The third-order valence-electron chi connectivity index (χ3n) is 4.16. The van der Waals surface area contributed by atoms with Gasteiger partial charge in [0, 0.05) is 6.54 Å². The fourth-order valence-corrected chi connectivity index (χ4v) is 2.66. The number of rotatable bonds is 12. The van der Waals surface area contributed by atoms with Crippen LogP contribution in [0.3, 0.4) is 0 Å². The van der Waals surface area contributed by atoms with E-state index in [2.05, 4.69) is 12.2 Å². The van der Waals surface area contributed by atoms with Crippen LogP contribution in [0.2, 0.25) is 0 Å². The average molecular weight is 351 g/mol. The summed E-state index contributed by atoms with van der Waals surface area (Å²) in [5, 5.41) is 51.4. The Labute approximate surface area is 143 Å². The fraction of sp³-hybridized carbons (Fsp3) is 1.00. The first-order chi connectivity index (χ1) is 11.5. The van der Waals surface area contributed by atoms with Gasteiger partial charge >= 0.3 is 0 Å². The number of ether oxygens (including phenoxy) is 2. The normalized spacial score (nSPS) is 32.0. The lowest BCUT2D eigenvalue weighted by atomic mass is 9.99. The van der Waals surface area contributed by atoms with E-state index in [0.29, 0.717) is 6.54 Å². The van der Waals surface area contributed by atoms with Crippen molar-refractivity contribution in [2.75, 3.05) is 26.3 Å². The van der Waals surface area contributed by atoms with Gasteiger partial charge in [-0.2, -0.15) is 0 Å². The van der Waals surface area contributed by atoms with Gasteiger partial charge in [0.05, 0.1) is 19.3 Å². The van der Waals surface area contributed by atoms with Crippen molar-refractivity contribution >= 4 is 0 Å². The Morgan fingerprint density at radius 2 is 1.79 bits per heavy atom. The van der Waals surface area contributed by atoms with Gasteiger partial charge in [0.2, 0.25) is 0 Å². The SMILES string of the molecule is CCCCCCCNCC(O)CO[C@@H]1[C@@H](O)[C@@H](O)[C@@H](CO)O[C@H]1O. The molecule has 6 N–H and O–H groups in total. The van der Waals surface area contributed by atoms with E-state index in [-0.39, 0.29) is 6.61 Å². The monoisotopic (exact) mass is 351 g/mol. The van der Waals surface area contributed by atoms with Crippen LogP contribution in [0.5, 0.6) is 0 Å². The molecule has 24 heavy (non-hydrogen) atoms. The molecule has 0 saturated carbocycles. The zero-order chi connectivity index (χ0) is 17.9. The Hall–Kier alpha value is -0.320. The molecule has 0 aliphatic carbocycles. The van der Waals surface area contributed by atoms with Crippen LogP contribution in [0.1, 0.15) is 39.0 Å². The maximum Gasteiger partial charge on any atom is 0.184 e. The molecule has 8 nitrogen and oxygen atoms in total. The Morgan fingerprint density at radius 1 is 1.08 bits per heavy atom. The summed E-state index contributed by atoms with van der Waals surface area (Å²) in [7, 11) is 0. The molecule has 1 fully saturated rings. The van der Waals surface area contributed by atoms with Crippen LogP contribution in [0.4, 0.5) is 0 Å². The molecule has 1 aliphatic rings. The highest BCUT2D eigenvalue weighted by molar-refractivity contribution is 4.89. The Bertz CT molecular complexity index is 321. The lowest BCUT2D eigenvalue weighted by Gasteiger charge is -2.40. The molecule has 6 atom stereocenters. The fourth-order valence-electron chi connectivity index (χ4n) is 2.66. The van der Waals surface area contributed by atoms with E-state index >= 15 is 0 Å². The van der Waals surface area contributed by atoms with Gasteiger partial charge in [0.25, 0.3) is 0 Å². The summed E-state index contributed by atoms with van der Waals surface area (Å²) in [5.74, 6) is 0. The molecule has 1 aliphatic heterocycles. The molecule has 0 bridgehead atoms. The standard InChI is InChI=1S/C16H33NO7/c1-2-3-4-5-6-7-17-8-11(19)10-23-15-14(21)13(20)12(9-18)24-16(15)22/h11-22H,2-10H2,1H3/t11?,12-,13+,14+,15-,16-/m1/s1. The number of unbranched alkanes of at least 4 members (excludes halogenated alkanes) is 4. The van der Waals surface area contributed by atoms with Crippen molar-refractivity contribution in [1.82, 2.24) is 5.32 Å². The van der Waals surface area contributed by atoms with Crippen LogP contribution in [0.15, 0.2) is 0 Å². The van der Waals surface area contributed by atoms with Crippen LogP contribution in [0, 0.1) is 0 Å². The van der Waals surface area contributed by atoms with Crippen LogP contribution >= 0.6 is 0 Å². The summed E-state index contributed by atoms with van der Waals surface area (Å²) in [6, 6.07) is 0. The summed E-state index contributed by atoms with van der Waals surface area (Å²) in [4.78, 5) is 0. The molecule has 0 aromatic heterocycles. The highest BCUT2D eigenvalue weighted by atomic mass is 16.7. The zero-order valence-corrected chi connectivity index (χ0v) is 14.4. The number of nitrogens with one attached hydrogen (secondary N) is 1. The van der Waals surface area contributed by atoms with Crippen molar-refractivity contribution in [3.8, 4) is 0 Å². The van der Waals surface area contributed by atoms with E-state index in [1.54, 1.807) is 0 Å². The van der Waals surface area contributed by atoms with Crippen molar-refractivity contribution in [3.05, 3.63) is 0 Å². The van der Waals surface area contributed by atoms with Crippen molar-refractivity contribution in [2.24, 2.45) is 0 Å². The van der Waals surface area contributed by atoms with Crippen LogP contribution in [-0.2, 0) is 9.47 Å². The van der Waals surface area contributed by atoms with Gasteiger partial charge in [0.15, 0.2) is 6.29 Å². The molecule has 0 aromatic rings. The smallest absolute Gasteiger partial charge is 0.184 e. The minimum absolute atomic E-state index is 0.110. The second-order valence-corrected chi connectivity index (χ2v) is 6.30. The highest BCUT2D eigenvalue weighted by Crippen LogP contribution is 2.22.